The average molecular weight is 323 g/mol. The quantitative estimate of drug-likeness (QED) is 0.754. The molecule has 0 fully saturated rings. The smallest absolute Gasteiger partial charge is 0.422 e. The van der Waals surface area contributed by atoms with Crippen LogP contribution in [0.25, 0.3) is 0 Å². The summed E-state index contributed by atoms with van der Waals surface area (Å²) in [6, 6.07) is 3.43. The molecule has 0 bridgehead atoms. The minimum atomic E-state index is -4.19. The summed E-state index contributed by atoms with van der Waals surface area (Å²) in [5.74, 6) is -1.24. The van der Waals surface area contributed by atoms with Crippen LogP contribution in [0.2, 0.25) is 5.02 Å². The van der Waals surface area contributed by atoms with Gasteiger partial charge in [0.25, 0.3) is 0 Å². The molecule has 0 saturated carbocycles. The lowest BCUT2D eigenvalue weighted by atomic mass is 10.2. The Morgan fingerprint density at radius 2 is 2.05 bits per heavy atom. The first-order valence-electron chi connectivity index (χ1n) is 5.25. The molecule has 1 aromatic rings. The second kappa shape index (κ2) is 6.44. The maximum Gasteiger partial charge on any atom is 0.422 e. The Labute approximate surface area is 119 Å². The molecule has 20 heavy (non-hydrogen) atoms. The fourth-order valence-electron chi connectivity index (χ4n) is 1.20. The van der Waals surface area contributed by atoms with Gasteiger partial charge in [0.2, 0.25) is 0 Å². The minimum Gasteiger partial charge on any atom is -0.478 e. The highest BCUT2D eigenvalue weighted by Crippen LogP contribution is 2.21. The molecule has 0 aliphatic heterocycles. The van der Waals surface area contributed by atoms with Gasteiger partial charge in [0.05, 0.1) is 22.9 Å². The zero-order valence-corrected chi connectivity index (χ0v) is 11.8. The van der Waals surface area contributed by atoms with Crippen LogP contribution in [-0.2, 0) is 14.9 Å². The van der Waals surface area contributed by atoms with Crippen LogP contribution in [0.5, 0.6) is 0 Å². The maximum atomic E-state index is 11.5. The van der Waals surface area contributed by atoms with Crippen LogP contribution in [0, 0.1) is 0 Å². The number of benzene rings is 1. The van der Waals surface area contributed by atoms with Crippen LogP contribution in [0.15, 0.2) is 18.2 Å². The molecular formula is C10H11ClN2O6S. The molecule has 0 atom stereocenters. The van der Waals surface area contributed by atoms with Gasteiger partial charge < -0.3 is 9.84 Å². The maximum absolute atomic E-state index is 11.5. The number of hydrogen-bond donors (Lipinski definition) is 3. The van der Waals surface area contributed by atoms with Gasteiger partial charge >= 0.3 is 22.3 Å². The van der Waals surface area contributed by atoms with E-state index >= 15 is 0 Å². The van der Waals surface area contributed by atoms with Crippen LogP contribution in [-0.4, -0.2) is 32.2 Å². The number of rotatable bonds is 5. The molecular weight excluding hydrogens is 312 g/mol. The number of carbonyl (C=O) groups is 2. The van der Waals surface area contributed by atoms with Gasteiger partial charge in [0.1, 0.15) is 0 Å². The van der Waals surface area contributed by atoms with Gasteiger partial charge in [-0.3, -0.25) is 4.72 Å². The second-order valence-corrected chi connectivity index (χ2v) is 5.25. The average Bonchev–Trinajstić information content (AvgIpc) is 2.26. The summed E-state index contributed by atoms with van der Waals surface area (Å²) < 4.78 is 31.1. The summed E-state index contributed by atoms with van der Waals surface area (Å²) in [5, 5.41) is 8.63. The lowest BCUT2D eigenvalue weighted by Gasteiger charge is -2.10. The summed E-state index contributed by atoms with van der Waals surface area (Å²) in [6.45, 7) is 1.53. The van der Waals surface area contributed by atoms with Gasteiger partial charge in [0, 0.05) is 0 Å². The SMILES string of the molecule is CCOC(=O)NS(=O)(=O)Nc1ccc(C(=O)O)c(Cl)c1. The van der Waals surface area contributed by atoms with E-state index in [1.165, 1.54) is 13.0 Å². The van der Waals surface area contributed by atoms with Gasteiger partial charge in [-0.2, -0.15) is 8.42 Å². The number of nitrogens with one attached hydrogen (secondary N) is 2. The van der Waals surface area contributed by atoms with Crippen molar-refractivity contribution in [3.8, 4) is 0 Å². The van der Waals surface area contributed by atoms with Crippen LogP contribution in [0.3, 0.4) is 0 Å². The Hall–Kier alpha value is -2.00. The Kier molecular flexibility index (Phi) is 5.17. The van der Waals surface area contributed by atoms with Gasteiger partial charge in [-0.15, -0.1) is 0 Å². The molecule has 0 heterocycles. The Bertz CT molecular complexity index is 631. The van der Waals surface area contributed by atoms with Crippen molar-refractivity contribution >= 4 is 39.6 Å². The highest BCUT2D eigenvalue weighted by molar-refractivity contribution is 7.91. The summed E-state index contributed by atoms with van der Waals surface area (Å²) in [4.78, 5) is 21.7. The van der Waals surface area contributed by atoms with E-state index in [0.29, 0.717) is 0 Å². The molecule has 8 nitrogen and oxygen atoms in total. The van der Waals surface area contributed by atoms with E-state index in [2.05, 4.69) is 4.74 Å². The Morgan fingerprint density at radius 3 is 2.55 bits per heavy atom. The van der Waals surface area contributed by atoms with Gasteiger partial charge in [-0.1, -0.05) is 11.6 Å². The second-order valence-electron chi connectivity index (χ2n) is 3.43. The minimum absolute atomic E-state index is 0.00296. The van der Waals surface area contributed by atoms with E-state index in [4.69, 9.17) is 16.7 Å². The van der Waals surface area contributed by atoms with Crippen molar-refractivity contribution in [1.29, 1.82) is 0 Å². The molecule has 0 radical (unpaired) electrons. The third-order valence-corrected chi connectivity index (χ3v) is 3.20. The van der Waals surface area contributed by atoms with E-state index < -0.39 is 22.3 Å². The van der Waals surface area contributed by atoms with E-state index in [9.17, 15) is 18.0 Å². The van der Waals surface area contributed by atoms with Crippen molar-refractivity contribution < 1.29 is 27.9 Å². The summed E-state index contributed by atoms with van der Waals surface area (Å²) in [5.41, 5.74) is -0.176. The van der Waals surface area contributed by atoms with Crippen molar-refractivity contribution in [3.63, 3.8) is 0 Å². The van der Waals surface area contributed by atoms with Gasteiger partial charge in [-0.25, -0.2) is 14.3 Å². The monoisotopic (exact) mass is 322 g/mol. The highest BCUT2D eigenvalue weighted by atomic mass is 35.5. The van der Waals surface area contributed by atoms with E-state index in [1.807, 2.05) is 4.72 Å². The lowest BCUT2D eigenvalue weighted by Crippen LogP contribution is -2.35. The highest BCUT2D eigenvalue weighted by Gasteiger charge is 2.16. The molecule has 110 valence electrons. The van der Waals surface area contributed by atoms with Crippen LogP contribution < -0.4 is 9.44 Å². The fourth-order valence-corrected chi connectivity index (χ4v) is 2.23. The number of aromatic carboxylic acids is 1. The van der Waals surface area contributed by atoms with Crippen LogP contribution in [0.4, 0.5) is 10.5 Å². The molecule has 10 heteroatoms. The predicted octanol–water partition coefficient (Wildman–Crippen LogP) is 1.44. The fraction of sp³-hybridized carbons (Fsp3) is 0.200. The summed E-state index contributed by atoms with van der Waals surface area (Å²) in [6.07, 6.45) is -1.13. The summed E-state index contributed by atoms with van der Waals surface area (Å²) in [7, 11) is -4.19. The molecule has 1 aromatic carbocycles. The molecule has 1 amide bonds. The number of hydrogen-bond acceptors (Lipinski definition) is 5. The van der Waals surface area contributed by atoms with Gasteiger partial charge in [0.15, 0.2) is 0 Å². The first-order chi connectivity index (χ1) is 9.25. The molecule has 0 spiro atoms. The number of carboxylic acids is 1. The van der Waals surface area contributed by atoms with Crippen molar-refractivity contribution in [1.82, 2.24) is 4.72 Å². The topological polar surface area (TPSA) is 122 Å². The Balaban J connectivity index is 2.85. The Morgan fingerprint density at radius 1 is 1.40 bits per heavy atom. The normalized spacial score (nSPS) is 10.7. The number of ether oxygens (including phenoxy) is 1. The zero-order chi connectivity index (χ0) is 15.3. The largest absolute Gasteiger partial charge is 0.478 e. The number of anilines is 1. The number of carboxylic acid groups (broad SMARTS) is 1. The molecule has 0 aromatic heterocycles. The van der Waals surface area contributed by atoms with Crippen molar-refractivity contribution in [2.24, 2.45) is 0 Å². The van der Waals surface area contributed by atoms with E-state index in [1.54, 1.807) is 4.72 Å². The van der Waals surface area contributed by atoms with Gasteiger partial charge in [-0.05, 0) is 25.1 Å². The number of carbonyl (C=O) groups excluding carboxylic acids is 1. The summed E-state index contributed by atoms with van der Waals surface area (Å²) >= 11 is 5.68. The van der Waals surface area contributed by atoms with Crippen LogP contribution >= 0.6 is 11.6 Å². The molecule has 0 aliphatic carbocycles. The van der Waals surface area contributed by atoms with Crippen molar-refractivity contribution in [2.75, 3.05) is 11.3 Å². The number of halogens is 1. The third-order valence-electron chi connectivity index (χ3n) is 1.94. The van der Waals surface area contributed by atoms with E-state index in [-0.39, 0.29) is 22.9 Å². The first-order valence-corrected chi connectivity index (χ1v) is 7.11. The zero-order valence-electron chi connectivity index (χ0n) is 10.2. The lowest BCUT2D eigenvalue weighted by molar-refractivity contribution is 0.0697. The third kappa shape index (κ3) is 4.59. The van der Waals surface area contributed by atoms with E-state index in [0.717, 1.165) is 12.1 Å². The van der Waals surface area contributed by atoms with Crippen molar-refractivity contribution in [2.45, 2.75) is 6.92 Å². The number of amides is 1. The molecule has 0 unspecified atom stereocenters. The first kappa shape index (κ1) is 16.1. The standard InChI is InChI=1S/C10H11ClN2O6S/c1-2-19-10(16)13-20(17,18)12-6-3-4-7(9(14)15)8(11)5-6/h3-5,12H,2H2,1H3,(H,13,16)(H,14,15). The molecule has 0 saturated heterocycles. The van der Waals surface area contributed by atoms with Crippen LogP contribution in [0.1, 0.15) is 17.3 Å². The molecule has 0 aliphatic rings. The molecule has 3 N–H and O–H groups in total. The van der Waals surface area contributed by atoms with Crippen molar-refractivity contribution in [3.05, 3.63) is 28.8 Å². The molecule has 1 rings (SSSR count). The predicted molar refractivity (Wildman–Crippen MR) is 71.1 cm³/mol.